The maximum absolute atomic E-state index is 13.1. The summed E-state index contributed by atoms with van der Waals surface area (Å²) >= 11 is 1.51. The molecule has 2 atom stereocenters. The minimum atomic E-state index is -3.69. The van der Waals surface area contributed by atoms with Gasteiger partial charge in [-0.15, -0.1) is 0 Å². The van der Waals surface area contributed by atoms with E-state index in [0.29, 0.717) is 29.6 Å². The number of carbonyl (C=O) groups excluding carboxylic acids is 1. The molecule has 1 aliphatic heterocycles. The number of ether oxygens (including phenoxy) is 1. The first-order valence-corrected chi connectivity index (χ1v) is 14.3. The van der Waals surface area contributed by atoms with Gasteiger partial charge in [0.05, 0.1) is 33.0 Å². The molecule has 1 N–H and O–H groups in total. The molecule has 5 rings (SSSR count). The van der Waals surface area contributed by atoms with Gasteiger partial charge in [0.15, 0.2) is 0 Å². The van der Waals surface area contributed by atoms with Crippen LogP contribution in [-0.2, 0) is 14.8 Å². The van der Waals surface area contributed by atoms with Crippen LogP contribution in [0, 0.1) is 20.8 Å². The van der Waals surface area contributed by atoms with E-state index < -0.39 is 10.0 Å². The molecule has 4 aromatic rings. The number of hydrogen-bond acceptors (Lipinski definition) is 7. The maximum atomic E-state index is 13.1. The van der Waals surface area contributed by atoms with Gasteiger partial charge in [0.25, 0.3) is 5.91 Å². The Morgan fingerprint density at radius 1 is 1.05 bits per heavy atom. The van der Waals surface area contributed by atoms with Gasteiger partial charge in [-0.3, -0.25) is 4.79 Å². The average Bonchev–Trinajstić information content (AvgIpc) is 3.41. The first-order chi connectivity index (χ1) is 17.5. The molecule has 0 aliphatic carbocycles. The molecule has 3 heterocycles. The Labute approximate surface area is 220 Å². The third kappa shape index (κ3) is 5.04. The second kappa shape index (κ2) is 9.64. The molecule has 0 saturated carbocycles. The second-order valence-corrected chi connectivity index (χ2v) is 12.5. The Balaban J connectivity index is 1.38. The monoisotopic (exact) mass is 539 g/mol. The summed E-state index contributed by atoms with van der Waals surface area (Å²) < 4.78 is 36.0. The van der Waals surface area contributed by atoms with E-state index >= 15 is 0 Å². The largest absolute Gasteiger partial charge is 0.373 e. The molecule has 9 nitrogen and oxygen atoms in total. The van der Waals surface area contributed by atoms with Crippen LogP contribution in [-0.4, -0.2) is 58.7 Å². The predicted molar refractivity (Wildman–Crippen MR) is 144 cm³/mol. The number of aromatic nitrogens is 3. The Kier molecular flexibility index (Phi) is 6.65. The first-order valence-electron chi connectivity index (χ1n) is 12.0. The van der Waals surface area contributed by atoms with Gasteiger partial charge in [-0.25, -0.2) is 13.4 Å². The number of benzene rings is 2. The number of anilines is 1. The molecule has 0 bridgehead atoms. The fraction of sp³-hybridized carbons (Fsp3) is 0.346. The van der Waals surface area contributed by atoms with Crippen LogP contribution in [0.2, 0.25) is 0 Å². The van der Waals surface area contributed by atoms with E-state index in [2.05, 4.69) is 22.5 Å². The van der Waals surface area contributed by atoms with E-state index in [1.165, 1.54) is 39.9 Å². The third-order valence-corrected chi connectivity index (χ3v) is 9.04. The lowest BCUT2D eigenvalue weighted by Crippen LogP contribution is -2.48. The van der Waals surface area contributed by atoms with Crippen LogP contribution in [0.1, 0.15) is 41.0 Å². The van der Waals surface area contributed by atoms with Gasteiger partial charge in [-0.2, -0.15) is 14.1 Å². The number of fused-ring (bicyclic) bond motifs is 1. The zero-order valence-electron chi connectivity index (χ0n) is 21.3. The van der Waals surface area contributed by atoms with E-state index in [1.54, 1.807) is 10.7 Å². The predicted octanol–water partition coefficient (Wildman–Crippen LogP) is 4.46. The third-order valence-electron chi connectivity index (χ3n) is 6.21. The highest BCUT2D eigenvalue weighted by Gasteiger charge is 2.32. The van der Waals surface area contributed by atoms with Gasteiger partial charge >= 0.3 is 0 Å². The lowest BCUT2D eigenvalue weighted by Gasteiger charge is -2.34. The number of carbonyl (C=O) groups is 1. The number of rotatable bonds is 5. The molecule has 0 radical (unpaired) electrons. The number of hydrogen-bond donors (Lipinski definition) is 1. The summed E-state index contributed by atoms with van der Waals surface area (Å²) in [5.41, 5.74) is 4.23. The molecule has 2 aromatic carbocycles. The van der Waals surface area contributed by atoms with Gasteiger partial charge in [0.2, 0.25) is 15.2 Å². The molecule has 1 saturated heterocycles. The van der Waals surface area contributed by atoms with E-state index in [1.807, 2.05) is 34.6 Å². The van der Waals surface area contributed by atoms with E-state index in [-0.39, 0.29) is 23.0 Å². The molecule has 0 spiro atoms. The molecule has 1 aliphatic rings. The van der Waals surface area contributed by atoms with Crippen molar-refractivity contribution < 1.29 is 17.9 Å². The SMILES string of the molecule is Cc1cc(C)c2nc(-n3nc(C)cc3NC(=O)c3ccc(S(=O)(=O)N4CC(C)OC(C)C4)cc3)sc2c1. The van der Waals surface area contributed by atoms with Crippen molar-refractivity contribution in [3.63, 3.8) is 0 Å². The van der Waals surface area contributed by atoms with Crippen LogP contribution in [0.15, 0.2) is 47.4 Å². The number of aryl methyl sites for hydroxylation is 3. The van der Waals surface area contributed by atoms with Crippen LogP contribution in [0.4, 0.5) is 5.82 Å². The highest BCUT2D eigenvalue weighted by molar-refractivity contribution is 7.89. The number of thiazole rings is 1. The normalized spacial score (nSPS) is 18.8. The number of nitrogens with zero attached hydrogens (tertiary/aromatic N) is 4. The van der Waals surface area contributed by atoms with E-state index in [4.69, 9.17) is 9.72 Å². The number of morpholine rings is 1. The van der Waals surface area contributed by atoms with Crippen LogP contribution in [0.3, 0.4) is 0 Å². The van der Waals surface area contributed by atoms with Crippen molar-refractivity contribution in [2.75, 3.05) is 18.4 Å². The van der Waals surface area contributed by atoms with Crippen LogP contribution < -0.4 is 5.32 Å². The minimum absolute atomic E-state index is 0.145. The molecular weight excluding hydrogens is 510 g/mol. The number of nitrogens with one attached hydrogen (secondary N) is 1. The zero-order chi connectivity index (χ0) is 26.5. The summed E-state index contributed by atoms with van der Waals surface area (Å²) in [6, 6.07) is 11.9. The minimum Gasteiger partial charge on any atom is -0.373 e. The average molecular weight is 540 g/mol. The van der Waals surface area contributed by atoms with Crippen molar-refractivity contribution in [3.05, 3.63) is 64.8 Å². The van der Waals surface area contributed by atoms with Crippen molar-refractivity contribution in [1.29, 1.82) is 0 Å². The molecule has 11 heteroatoms. The first kappa shape index (κ1) is 25.5. The molecule has 194 valence electrons. The Hall–Kier alpha value is -3.12. The fourth-order valence-electron chi connectivity index (χ4n) is 4.63. The van der Waals surface area contributed by atoms with Gasteiger partial charge in [0.1, 0.15) is 5.82 Å². The molecule has 2 unspecified atom stereocenters. The van der Waals surface area contributed by atoms with Crippen LogP contribution in [0.25, 0.3) is 15.3 Å². The summed E-state index contributed by atoms with van der Waals surface area (Å²) in [6.45, 7) is 10.2. The Morgan fingerprint density at radius 2 is 1.73 bits per heavy atom. The smallest absolute Gasteiger partial charge is 0.256 e. The summed E-state index contributed by atoms with van der Waals surface area (Å²) in [5.74, 6) is 0.121. The van der Waals surface area contributed by atoms with Gasteiger partial charge in [-0.1, -0.05) is 17.4 Å². The molecule has 1 fully saturated rings. The van der Waals surface area contributed by atoms with Crippen molar-refractivity contribution in [1.82, 2.24) is 19.1 Å². The summed E-state index contributed by atoms with van der Waals surface area (Å²) in [5, 5.41) is 8.10. The number of sulfonamides is 1. The van der Waals surface area contributed by atoms with Crippen molar-refractivity contribution in [2.45, 2.75) is 51.7 Å². The highest BCUT2D eigenvalue weighted by atomic mass is 32.2. The molecule has 37 heavy (non-hydrogen) atoms. The molecule has 2 aromatic heterocycles. The quantitative estimate of drug-likeness (QED) is 0.401. The number of amides is 1. The van der Waals surface area contributed by atoms with Crippen molar-refractivity contribution >= 4 is 43.3 Å². The van der Waals surface area contributed by atoms with Crippen molar-refractivity contribution in [2.24, 2.45) is 0 Å². The van der Waals surface area contributed by atoms with Gasteiger partial charge < -0.3 is 10.1 Å². The lowest BCUT2D eigenvalue weighted by atomic mass is 10.1. The maximum Gasteiger partial charge on any atom is 0.256 e. The Morgan fingerprint density at radius 3 is 2.41 bits per heavy atom. The van der Waals surface area contributed by atoms with Gasteiger partial charge in [-0.05, 0) is 76.1 Å². The second-order valence-electron chi connectivity index (χ2n) is 9.57. The fourth-order valence-corrected chi connectivity index (χ4v) is 7.32. The zero-order valence-corrected chi connectivity index (χ0v) is 23.0. The standard InChI is InChI=1S/C26H29N5O4S2/c1-15-10-16(2)24-22(11-15)36-26(28-24)31-23(12-17(3)29-31)27-25(32)20-6-8-21(9-7-20)37(33,34)30-13-18(4)35-19(5)14-30/h6-12,18-19H,13-14H2,1-5H3,(H,27,32). The van der Waals surface area contributed by atoms with E-state index in [0.717, 1.165) is 27.0 Å². The summed E-state index contributed by atoms with van der Waals surface area (Å²) in [4.78, 5) is 18.0. The van der Waals surface area contributed by atoms with Gasteiger partial charge in [0, 0.05) is 24.7 Å². The highest BCUT2D eigenvalue weighted by Crippen LogP contribution is 2.30. The lowest BCUT2D eigenvalue weighted by molar-refractivity contribution is -0.0440. The molecular formula is C26H29N5O4S2. The molecule has 1 amide bonds. The Bertz CT molecular complexity index is 1580. The van der Waals surface area contributed by atoms with Crippen molar-refractivity contribution in [3.8, 4) is 5.13 Å². The van der Waals surface area contributed by atoms with Crippen LogP contribution >= 0.6 is 11.3 Å². The van der Waals surface area contributed by atoms with E-state index in [9.17, 15) is 13.2 Å². The topological polar surface area (TPSA) is 106 Å². The summed E-state index contributed by atoms with van der Waals surface area (Å²) in [7, 11) is -3.69. The van der Waals surface area contributed by atoms with Crippen LogP contribution in [0.5, 0.6) is 0 Å². The summed E-state index contributed by atoms with van der Waals surface area (Å²) in [6.07, 6.45) is -0.361.